The van der Waals surface area contributed by atoms with Crippen LogP contribution in [0.3, 0.4) is 0 Å². The Bertz CT molecular complexity index is 454. The van der Waals surface area contributed by atoms with Crippen molar-refractivity contribution in [3.05, 3.63) is 29.8 Å². The van der Waals surface area contributed by atoms with Crippen molar-refractivity contribution in [3.63, 3.8) is 0 Å². The highest BCUT2D eigenvalue weighted by Crippen LogP contribution is 2.22. The molecule has 1 rings (SSSR count). The molecule has 0 spiro atoms. The number of carboxylic acid groups (broad SMARTS) is 1. The van der Waals surface area contributed by atoms with Crippen LogP contribution >= 0.6 is 0 Å². The summed E-state index contributed by atoms with van der Waals surface area (Å²) in [5.74, 6) is -2.70. The second-order valence-electron chi connectivity index (χ2n) is 4.74. The highest BCUT2D eigenvalue weighted by atomic mass is 16.4. The lowest BCUT2D eigenvalue weighted by atomic mass is 9.94. The Morgan fingerprint density at radius 3 is 2.22 bits per heavy atom. The Morgan fingerprint density at radius 1 is 1.22 bits per heavy atom. The number of hydrogen-bond donors (Lipinski definition) is 1. The molecule has 1 amide bonds. The number of para-hydroxylation sites is 1. The van der Waals surface area contributed by atoms with Gasteiger partial charge in [0.05, 0.1) is 0 Å². The number of aryl methyl sites for hydroxylation is 1. The number of amides is 1. The van der Waals surface area contributed by atoms with Crippen molar-refractivity contribution in [1.82, 2.24) is 0 Å². The molecule has 1 aromatic rings. The fourth-order valence-electron chi connectivity index (χ4n) is 1.94. The monoisotopic (exact) mass is 249 g/mol. The summed E-state index contributed by atoms with van der Waals surface area (Å²) < 4.78 is 0. The Kier molecular flexibility index (Phi) is 4.48. The van der Waals surface area contributed by atoms with E-state index in [2.05, 4.69) is 0 Å². The first kappa shape index (κ1) is 14.2. The Hall–Kier alpha value is -1.84. The lowest BCUT2D eigenvalue weighted by Crippen LogP contribution is -2.40. The van der Waals surface area contributed by atoms with Gasteiger partial charge in [0.15, 0.2) is 0 Å². The van der Waals surface area contributed by atoms with E-state index in [1.807, 2.05) is 31.2 Å². The number of aliphatic carboxylic acids is 1. The van der Waals surface area contributed by atoms with Crippen molar-refractivity contribution >= 4 is 17.6 Å². The summed E-state index contributed by atoms with van der Waals surface area (Å²) in [6.45, 7) is 5.37. The Morgan fingerprint density at radius 2 is 1.78 bits per heavy atom. The highest BCUT2D eigenvalue weighted by molar-refractivity contribution is 6.05. The predicted molar refractivity (Wildman–Crippen MR) is 70.6 cm³/mol. The topological polar surface area (TPSA) is 57.6 Å². The van der Waals surface area contributed by atoms with Crippen molar-refractivity contribution in [2.45, 2.75) is 20.8 Å². The molecule has 18 heavy (non-hydrogen) atoms. The number of carboxylic acids is 1. The van der Waals surface area contributed by atoms with Gasteiger partial charge in [-0.05, 0) is 24.5 Å². The van der Waals surface area contributed by atoms with Gasteiger partial charge in [-0.3, -0.25) is 9.59 Å². The standard InChI is InChI=1S/C14H19NO3/c1-9(2)12(14(17)18)13(16)15(4)11-8-6-5-7-10(11)3/h5-9,12H,1-4H3,(H,17,18). The number of rotatable bonds is 4. The summed E-state index contributed by atoms with van der Waals surface area (Å²) >= 11 is 0. The smallest absolute Gasteiger partial charge is 0.316 e. The van der Waals surface area contributed by atoms with Crippen molar-refractivity contribution in [2.75, 3.05) is 11.9 Å². The first-order chi connectivity index (χ1) is 8.36. The molecular weight excluding hydrogens is 230 g/mol. The maximum Gasteiger partial charge on any atom is 0.316 e. The molecule has 0 aliphatic carbocycles. The molecule has 0 saturated heterocycles. The summed E-state index contributed by atoms with van der Waals surface area (Å²) in [6, 6.07) is 7.42. The summed E-state index contributed by atoms with van der Waals surface area (Å²) in [5, 5.41) is 9.13. The van der Waals surface area contributed by atoms with Gasteiger partial charge >= 0.3 is 5.97 Å². The van der Waals surface area contributed by atoms with E-state index in [-0.39, 0.29) is 11.8 Å². The normalized spacial score (nSPS) is 12.3. The van der Waals surface area contributed by atoms with Crippen LogP contribution < -0.4 is 4.90 Å². The van der Waals surface area contributed by atoms with Gasteiger partial charge in [-0.15, -0.1) is 0 Å². The van der Waals surface area contributed by atoms with E-state index < -0.39 is 11.9 Å². The molecule has 98 valence electrons. The summed E-state index contributed by atoms with van der Waals surface area (Å²) in [5.41, 5.74) is 1.69. The molecule has 0 saturated carbocycles. The van der Waals surface area contributed by atoms with Crippen LogP contribution in [0.4, 0.5) is 5.69 Å². The zero-order valence-electron chi connectivity index (χ0n) is 11.2. The SMILES string of the molecule is Cc1ccccc1N(C)C(=O)C(C(=O)O)C(C)C. The summed E-state index contributed by atoms with van der Waals surface area (Å²) in [6.07, 6.45) is 0. The van der Waals surface area contributed by atoms with E-state index in [1.165, 1.54) is 4.90 Å². The number of anilines is 1. The maximum absolute atomic E-state index is 12.2. The molecule has 0 aliphatic heterocycles. The number of nitrogens with zero attached hydrogens (tertiary/aromatic N) is 1. The van der Waals surface area contributed by atoms with Gasteiger partial charge in [0.25, 0.3) is 0 Å². The minimum atomic E-state index is -1.07. The third-order valence-corrected chi connectivity index (χ3v) is 3.01. The van der Waals surface area contributed by atoms with Crippen LogP contribution in [-0.2, 0) is 9.59 Å². The number of carbonyl (C=O) groups is 2. The average Bonchev–Trinajstić information content (AvgIpc) is 2.27. The van der Waals surface area contributed by atoms with Crippen molar-refractivity contribution < 1.29 is 14.7 Å². The van der Waals surface area contributed by atoms with Crippen molar-refractivity contribution in [2.24, 2.45) is 11.8 Å². The van der Waals surface area contributed by atoms with Crippen LogP contribution in [0.25, 0.3) is 0 Å². The number of carbonyl (C=O) groups excluding carboxylic acids is 1. The first-order valence-electron chi connectivity index (χ1n) is 5.92. The van der Waals surface area contributed by atoms with Gasteiger partial charge in [0, 0.05) is 12.7 Å². The first-order valence-corrected chi connectivity index (χ1v) is 5.92. The molecule has 0 fully saturated rings. The number of benzene rings is 1. The molecule has 4 heteroatoms. The highest BCUT2D eigenvalue weighted by Gasteiger charge is 2.32. The van der Waals surface area contributed by atoms with E-state index in [1.54, 1.807) is 20.9 Å². The largest absolute Gasteiger partial charge is 0.481 e. The molecular formula is C14H19NO3. The third-order valence-electron chi connectivity index (χ3n) is 3.01. The molecule has 0 radical (unpaired) electrons. The molecule has 1 atom stereocenters. The van der Waals surface area contributed by atoms with Crippen LogP contribution in [-0.4, -0.2) is 24.0 Å². The average molecular weight is 249 g/mol. The van der Waals surface area contributed by atoms with Crippen LogP contribution in [0.15, 0.2) is 24.3 Å². The summed E-state index contributed by atoms with van der Waals surface area (Å²) in [7, 11) is 1.61. The van der Waals surface area contributed by atoms with Gasteiger partial charge < -0.3 is 10.0 Å². The molecule has 0 aliphatic rings. The Balaban J connectivity index is 3.03. The molecule has 1 N–H and O–H groups in total. The van der Waals surface area contributed by atoms with E-state index in [0.717, 1.165) is 11.3 Å². The van der Waals surface area contributed by atoms with E-state index in [9.17, 15) is 9.59 Å². The van der Waals surface area contributed by atoms with Gasteiger partial charge in [-0.2, -0.15) is 0 Å². The molecule has 1 unspecified atom stereocenters. The van der Waals surface area contributed by atoms with Crippen LogP contribution in [0.5, 0.6) is 0 Å². The minimum absolute atomic E-state index is 0.235. The minimum Gasteiger partial charge on any atom is -0.481 e. The number of hydrogen-bond acceptors (Lipinski definition) is 2. The van der Waals surface area contributed by atoms with Gasteiger partial charge in [-0.25, -0.2) is 0 Å². The molecule has 4 nitrogen and oxygen atoms in total. The fraction of sp³-hybridized carbons (Fsp3) is 0.429. The molecule has 0 aromatic heterocycles. The maximum atomic E-state index is 12.2. The second kappa shape index (κ2) is 5.67. The van der Waals surface area contributed by atoms with Crippen LogP contribution in [0, 0.1) is 18.8 Å². The third kappa shape index (κ3) is 2.88. The van der Waals surface area contributed by atoms with Gasteiger partial charge in [0.2, 0.25) is 5.91 Å². The van der Waals surface area contributed by atoms with Gasteiger partial charge in [-0.1, -0.05) is 32.0 Å². The predicted octanol–water partition coefficient (Wildman–Crippen LogP) is 2.31. The van der Waals surface area contributed by atoms with E-state index in [0.29, 0.717) is 0 Å². The zero-order chi connectivity index (χ0) is 13.9. The molecule has 0 heterocycles. The fourth-order valence-corrected chi connectivity index (χ4v) is 1.94. The summed E-state index contributed by atoms with van der Waals surface area (Å²) in [4.78, 5) is 24.8. The van der Waals surface area contributed by atoms with Crippen molar-refractivity contribution in [3.8, 4) is 0 Å². The van der Waals surface area contributed by atoms with E-state index >= 15 is 0 Å². The molecule has 1 aromatic carbocycles. The zero-order valence-corrected chi connectivity index (χ0v) is 11.2. The Labute approximate surface area is 107 Å². The van der Waals surface area contributed by atoms with Gasteiger partial charge in [0.1, 0.15) is 5.92 Å². The lowest BCUT2D eigenvalue weighted by Gasteiger charge is -2.24. The lowest BCUT2D eigenvalue weighted by molar-refractivity contribution is -0.147. The van der Waals surface area contributed by atoms with Crippen LogP contribution in [0.2, 0.25) is 0 Å². The van der Waals surface area contributed by atoms with Crippen LogP contribution in [0.1, 0.15) is 19.4 Å². The molecule has 0 bridgehead atoms. The quantitative estimate of drug-likeness (QED) is 0.833. The van der Waals surface area contributed by atoms with Crippen molar-refractivity contribution in [1.29, 1.82) is 0 Å². The second-order valence-corrected chi connectivity index (χ2v) is 4.74. The van der Waals surface area contributed by atoms with E-state index in [4.69, 9.17) is 5.11 Å².